The molecule has 0 saturated heterocycles. The van der Waals surface area contributed by atoms with Gasteiger partial charge in [-0.15, -0.1) is 0 Å². The van der Waals surface area contributed by atoms with Gasteiger partial charge in [0.1, 0.15) is 16.8 Å². The van der Waals surface area contributed by atoms with Crippen LogP contribution in [-0.4, -0.2) is 16.5 Å². The lowest BCUT2D eigenvalue weighted by molar-refractivity contribution is 0.877. The summed E-state index contributed by atoms with van der Waals surface area (Å²) < 4.78 is 0. The van der Waals surface area contributed by atoms with Gasteiger partial charge in [-0.05, 0) is 25.7 Å². The van der Waals surface area contributed by atoms with Gasteiger partial charge < -0.3 is 5.32 Å². The van der Waals surface area contributed by atoms with Crippen molar-refractivity contribution in [1.29, 1.82) is 0 Å². The fourth-order valence-electron chi connectivity index (χ4n) is 1.19. The van der Waals surface area contributed by atoms with Gasteiger partial charge in [-0.2, -0.15) is 0 Å². The van der Waals surface area contributed by atoms with Crippen LogP contribution in [0.4, 0.5) is 5.82 Å². The van der Waals surface area contributed by atoms with Crippen molar-refractivity contribution in [3.8, 4) is 0 Å². The molecule has 0 aliphatic heterocycles. The molecule has 1 heterocycles. The van der Waals surface area contributed by atoms with Crippen molar-refractivity contribution in [2.24, 2.45) is 5.92 Å². The summed E-state index contributed by atoms with van der Waals surface area (Å²) in [4.78, 5) is 8.22. The van der Waals surface area contributed by atoms with Gasteiger partial charge in [0.25, 0.3) is 0 Å². The third kappa shape index (κ3) is 2.56. The van der Waals surface area contributed by atoms with Crippen molar-refractivity contribution < 1.29 is 0 Å². The fraction of sp³-hybridized carbons (Fsp3) is 0.556. The Morgan fingerprint density at radius 2 is 2.31 bits per heavy atom. The molecule has 1 aliphatic carbocycles. The number of hydrogen-bond donors (Lipinski definition) is 1. The van der Waals surface area contributed by atoms with E-state index in [9.17, 15) is 0 Å². The largest absolute Gasteiger partial charge is 0.370 e. The maximum atomic E-state index is 5.79. The Morgan fingerprint density at radius 3 is 2.92 bits per heavy atom. The molecule has 2 rings (SSSR count). The topological polar surface area (TPSA) is 37.8 Å². The maximum Gasteiger partial charge on any atom is 0.134 e. The van der Waals surface area contributed by atoms with E-state index in [-0.39, 0.29) is 0 Å². The Labute approximate surface area is 82.5 Å². The van der Waals surface area contributed by atoms with E-state index in [1.54, 1.807) is 6.07 Å². The standard InChI is InChI=1S/C9H12ClN3/c1-6-12-8(10)4-9(13-6)11-5-7-2-3-7/h4,7H,2-3,5H2,1H3,(H,11,12,13). The molecule has 4 heteroatoms. The first-order valence-electron chi connectivity index (χ1n) is 4.49. The lowest BCUT2D eigenvalue weighted by Gasteiger charge is -2.04. The quantitative estimate of drug-likeness (QED) is 0.756. The molecule has 1 aliphatic rings. The van der Waals surface area contributed by atoms with Gasteiger partial charge in [-0.25, -0.2) is 9.97 Å². The zero-order chi connectivity index (χ0) is 9.26. The summed E-state index contributed by atoms with van der Waals surface area (Å²) in [7, 11) is 0. The molecule has 1 aromatic heterocycles. The van der Waals surface area contributed by atoms with Crippen LogP contribution in [0.3, 0.4) is 0 Å². The molecule has 1 aromatic rings. The average molecular weight is 198 g/mol. The minimum absolute atomic E-state index is 0.505. The molecule has 0 radical (unpaired) electrons. The smallest absolute Gasteiger partial charge is 0.134 e. The summed E-state index contributed by atoms with van der Waals surface area (Å²) in [5.74, 6) is 2.39. The number of aromatic nitrogens is 2. The molecular formula is C9H12ClN3. The summed E-state index contributed by atoms with van der Waals surface area (Å²) >= 11 is 5.79. The van der Waals surface area contributed by atoms with Crippen molar-refractivity contribution in [3.63, 3.8) is 0 Å². The van der Waals surface area contributed by atoms with E-state index in [2.05, 4.69) is 15.3 Å². The van der Waals surface area contributed by atoms with Crippen LogP contribution in [-0.2, 0) is 0 Å². The lowest BCUT2D eigenvalue weighted by Crippen LogP contribution is -2.06. The van der Waals surface area contributed by atoms with E-state index in [0.29, 0.717) is 11.0 Å². The molecule has 0 amide bonds. The number of aryl methyl sites for hydroxylation is 1. The van der Waals surface area contributed by atoms with Gasteiger partial charge >= 0.3 is 0 Å². The Hall–Kier alpha value is -0.830. The highest BCUT2D eigenvalue weighted by Gasteiger charge is 2.20. The molecule has 0 aromatic carbocycles. The first-order valence-corrected chi connectivity index (χ1v) is 4.87. The third-order valence-electron chi connectivity index (χ3n) is 2.08. The summed E-state index contributed by atoms with van der Waals surface area (Å²) in [6.07, 6.45) is 2.68. The van der Waals surface area contributed by atoms with Crippen molar-refractivity contribution in [1.82, 2.24) is 9.97 Å². The molecule has 70 valence electrons. The molecule has 1 N–H and O–H groups in total. The van der Waals surface area contributed by atoms with Crippen LogP contribution < -0.4 is 5.32 Å². The maximum absolute atomic E-state index is 5.79. The van der Waals surface area contributed by atoms with Gasteiger partial charge in [-0.3, -0.25) is 0 Å². The minimum Gasteiger partial charge on any atom is -0.370 e. The predicted octanol–water partition coefficient (Wildman–Crippen LogP) is 2.26. The molecule has 1 saturated carbocycles. The molecular weight excluding hydrogens is 186 g/mol. The summed E-state index contributed by atoms with van der Waals surface area (Å²) in [5.41, 5.74) is 0. The fourth-order valence-corrected chi connectivity index (χ4v) is 1.42. The Kier molecular flexibility index (Phi) is 2.36. The van der Waals surface area contributed by atoms with Crippen LogP contribution in [0.1, 0.15) is 18.7 Å². The zero-order valence-electron chi connectivity index (χ0n) is 7.55. The molecule has 0 bridgehead atoms. The first kappa shape index (κ1) is 8.75. The summed E-state index contributed by atoms with van der Waals surface area (Å²) in [6, 6.07) is 1.76. The van der Waals surface area contributed by atoms with Crippen molar-refractivity contribution in [2.75, 3.05) is 11.9 Å². The number of hydrogen-bond acceptors (Lipinski definition) is 3. The van der Waals surface area contributed by atoms with Gasteiger partial charge in [0.2, 0.25) is 0 Å². The van der Waals surface area contributed by atoms with E-state index < -0.39 is 0 Å². The number of nitrogens with one attached hydrogen (secondary N) is 1. The van der Waals surface area contributed by atoms with E-state index >= 15 is 0 Å². The van der Waals surface area contributed by atoms with E-state index in [0.717, 1.165) is 18.3 Å². The van der Waals surface area contributed by atoms with Crippen molar-refractivity contribution in [3.05, 3.63) is 17.0 Å². The predicted molar refractivity (Wildman–Crippen MR) is 53.0 cm³/mol. The highest BCUT2D eigenvalue weighted by Crippen LogP contribution is 2.28. The van der Waals surface area contributed by atoms with Gasteiger partial charge in [0, 0.05) is 12.6 Å². The summed E-state index contributed by atoms with van der Waals surface area (Å²) in [6.45, 7) is 2.85. The van der Waals surface area contributed by atoms with E-state index in [4.69, 9.17) is 11.6 Å². The number of nitrogens with zero attached hydrogens (tertiary/aromatic N) is 2. The highest BCUT2D eigenvalue weighted by atomic mass is 35.5. The van der Waals surface area contributed by atoms with E-state index in [1.807, 2.05) is 6.92 Å². The minimum atomic E-state index is 0.505. The molecule has 13 heavy (non-hydrogen) atoms. The average Bonchev–Trinajstić information content (AvgIpc) is 2.81. The van der Waals surface area contributed by atoms with Crippen LogP contribution in [0, 0.1) is 12.8 Å². The van der Waals surface area contributed by atoms with Crippen molar-refractivity contribution in [2.45, 2.75) is 19.8 Å². The van der Waals surface area contributed by atoms with Crippen molar-refractivity contribution >= 4 is 17.4 Å². The van der Waals surface area contributed by atoms with Crippen LogP contribution in [0.2, 0.25) is 5.15 Å². The number of anilines is 1. The molecule has 0 atom stereocenters. The van der Waals surface area contributed by atoms with Crippen LogP contribution >= 0.6 is 11.6 Å². The monoisotopic (exact) mass is 197 g/mol. The number of halogens is 1. The summed E-state index contributed by atoms with van der Waals surface area (Å²) in [5, 5.41) is 3.76. The Balaban J connectivity index is 2.01. The second-order valence-electron chi connectivity index (χ2n) is 3.45. The lowest BCUT2D eigenvalue weighted by atomic mass is 10.4. The molecule has 0 unspecified atom stereocenters. The van der Waals surface area contributed by atoms with Crippen LogP contribution in [0.5, 0.6) is 0 Å². The first-order chi connectivity index (χ1) is 6.24. The third-order valence-corrected chi connectivity index (χ3v) is 2.27. The van der Waals surface area contributed by atoms with Gasteiger partial charge in [0.15, 0.2) is 0 Å². The molecule has 3 nitrogen and oxygen atoms in total. The number of rotatable bonds is 3. The zero-order valence-corrected chi connectivity index (χ0v) is 8.30. The second kappa shape index (κ2) is 3.50. The van der Waals surface area contributed by atoms with E-state index in [1.165, 1.54) is 12.8 Å². The normalized spacial score (nSPS) is 15.8. The molecule has 0 spiro atoms. The van der Waals surface area contributed by atoms with Gasteiger partial charge in [0.05, 0.1) is 0 Å². The second-order valence-corrected chi connectivity index (χ2v) is 3.83. The SMILES string of the molecule is Cc1nc(Cl)cc(NCC2CC2)n1. The molecule has 1 fully saturated rings. The van der Waals surface area contributed by atoms with Crippen LogP contribution in [0.15, 0.2) is 6.07 Å². The van der Waals surface area contributed by atoms with Gasteiger partial charge in [-0.1, -0.05) is 11.6 Å². The highest BCUT2D eigenvalue weighted by molar-refractivity contribution is 6.29. The van der Waals surface area contributed by atoms with Crippen LogP contribution in [0.25, 0.3) is 0 Å². The Bertz CT molecular complexity index is 289. The Morgan fingerprint density at radius 1 is 1.54 bits per heavy atom.